The van der Waals surface area contributed by atoms with Crippen LogP contribution in [0.5, 0.6) is 0 Å². The fourth-order valence-electron chi connectivity index (χ4n) is 1.89. The van der Waals surface area contributed by atoms with Crippen molar-refractivity contribution in [1.82, 2.24) is 0 Å². The van der Waals surface area contributed by atoms with Crippen molar-refractivity contribution in [2.45, 2.75) is 6.18 Å². The van der Waals surface area contributed by atoms with Gasteiger partial charge in [0.25, 0.3) is 0 Å². The predicted molar refractivity (Wildman–Crippen MR) is 70.8 cm³/mol. The van der Waals surface area contributed by atoms with E-state index in [9.17, 15) is 17.6 Å². The highest BCUT2D eigenvalue weighted by molar-refractivity contribution is 5.75. The molecule has 0 aliphatic heterocycles. The summed E-state index contributed by atoms with van der Waals surface area (Å²) in [6, 6.07) is 7.72. The van der Waals surface area contributed by atoms with Gasteiger partial charge in [-0.2, -0.15) is 13.2 Å². The van der Waals surface area contributed by atoms with E-state index in [4.69, 9.17) is 5.73 Å². The zero-order chi connectivity index (χ0) is 14.9. The minimum Gasteiger partial charge on any atom is -0.397 e. The van der Waals surface area contributed by atoms with E-state index < -0.39 is 17.6 Å². The molecule has 0 fully saturated rings. The Morgan fingerprint density at radius 3 is 2.10 bits per heavy atom. The monoisotopic (exact) mass is 284 g/mol. The van der Waals surface area contributed by atoms with Gasteiger partial charge in [0.1, 0.15) is 5.82 Å². The van der Waals surface area contributed by atoms with Crippen molar-refractivity contribution in [3.8, 4) is 11.1 Å². The molecule has 6 heteroatoms. The number of hydrogen-bond donors (Lipinski definition) is 2. The van der Waals surface area contributed by atoms with Crippen LogP contribution in [0.3, 0.4) is 0 Å². The number of nitrogen functional groups attached to an aromatic ring is 1. The Bertz CT molecular complexity index is 636. The van der Waals surface area contributed by atoms with Crippen LogP contribution in [0.4, 0.5) is 28.9 Å². The standard InChI is InChI=1S/C14H12F4N2/c1-20-13-5-3-9(7-12(13)19)8-2-4-10(11(15)6-8)14(16,17)18/h2-7,20H,19H2,1H3. The van der Waals surface area contributed by atoms with Gasteiger partial charge in [-0.1, -0.05) is 12.1 Å². The lowest BCUT2D eigenvalue weighted by Gasteiger charge is -2.11. The molecule has 2 aromatic carbocycles. The van der Waals surface area contributed by atoms with Crippen molar-refractivity contribution in [3.63, 3.8) is 0 Å². The first-order valence-corrected chi connectivity index (χ1v) is 5.77. The Labute approximate surface area is 113 Å². The molecular weight excluding hydrogens is 272 g/mol. The third-order valence-electron chi connectivity index (χ3n) is 2.93. The van der Waals surface area contributed by atoms with E-state index in [1.54, 1.807) is 25.2 Å². The fourth-order valence-corrected chi connectivity index (χ4v) is 1.89. The van der Waals surface area contributed by atoms with Crippen LogP contribution < -0.4 is 11.1 Å². The first kappa shape index (κ1) is 14.2. The third kappa shape index (κ3) is 2.68. The van der Waals surface area contributed by atoms with Crippen molar-refractivity contribution in [3.05, 3.63) is 47.8 Å². The summed E-state index contributed by atoms with van der Waals surface area (Å²) in [5.41, 5.74) is 6.51. The molecule has 0 amide bonds. The second-order valence-corrected chi connectivity index (χ2v) is 4.24. The Kier molecular flexibility index (Phi) is 3.57. The summed E-state index contributed by atoms with van der Waals surface area (Å²) < 4.78 is 50.9. The van der Waals surface area contributed by atoms with Gasteiger partial charge in [-0.05, 0) is 35.4 Å². The normalized spacial score (nSPS) is 11.4. The fraction of sp³-hybridized carbons (Fsp3) is 0.143. The van der Waals surface area contributed by atoms with Gasteiger partial charge in [0.2, 0.25) is 0 Å². The third-order valence-corrected chi connectivity index (χ3v) is 2.93. The first-order chi connectivity index (χ1) is 9.32. The molecule has 0 spiro atoms. The highest BCUT2D eigenvalue weighted by atomic mass is 19.4. The van der Waals surface area contributed by atoms with Crippen LogP contribution in [0.15, 0.2) is 36.4 Å². The SMILES string of the molecule is CNc1ccc(-c2ccc(C(F)(F)F)c(F)c2)cc1N. The zero-order valence-electron chi connectivity index (χ0n) is 10.6. The number of hydrogen-bond acceptors (Lipinski definition) is 2. The lowest BCUT2D eigenvalue weighted by Crippen LogP contribution is -2.07. The molecular formula is C14H12F4N2. The Morgan fingerprint density at radius 2 is 1.60 bits per heavy atom. The van der Waals surface area contributed by atoms with Crippen LogP contribution in [0.25, 0.3) is 11.1 Å². The highest BCUT2D eigenvalue weighted by Crippen LogP contribution is 2.34. The van der Waals surface area contributed by atoms with Gasteiger partial charge in [-0.15, -0.1) is 0 Å². The minimum absolute atomic E-state index is 0.338. The van der Waals surface area contributed by atoms with Crippen LogP contribution in [0.2, 0.25) is 0 Å². The molecule has 2 rings (SSSR count). The quantitative estimate of drug-likeness (QED) is 0.642. The number of rotatable bonds is 2. The van der Waals surface area contributed by atoms with Crippen LogP contribution in [-0.4, -0.2) is 7.05 Å². The molecule has 0 aliphatic rings. The van der Waals surface area contributed by atoms with Gasteiger partial charge in [0.05, 0.1) is 16.9 Å². The number of nitrogens with two attached hydrogens (primary N) is 1. The van der Waals surface area contributed by atoms with E-state index in [0.29, 0.717) is 22.5 Å². The first-order valence-electron chi connectivity index (χ1n) is 5.77. The summed E-state index contributed by atoms with van der Waals surface area (Å²) in [6.45, 7) is 0. The topological polar surface area (TPSA) is 38.0 Å². The molecule has 0 unspecified atom stereocenters. The highest BCUT2D eigenvalue weighted by Gasteiger charge is 2.33. The molecule has 2 nitrogen and oxygen atoms in total. The Hall–Kier alpha value is -2.24. The molecule has 0 saturated carbocycles. The van der Waals surface area contributed by atoms with Crippen molar-refractivity contribution >= 4 is 11.4 Å². The smallest absolute Gasteiger partial charge is 0.397 e. The molecule has 0 aromatic heterocycles. The van der Waals surface area contributed by atoms with Crippen LogP contribution in [0.1, 0.15) is 5.56 Å². The maximum atomic E-state index is 13.5. The van der Waals surface area contributed by atoms with Gasteiger partial charge in [-0.3, -0.25) is 0 Å². The van der Waals surface area contributed by atoms with E-state index in [1.807, 2.05) is 0 Å². The molecule has 20 heavy (non-hydrogen) atoms. The summed E-state index contributed by atoms with van der Waals surface area (Å²) in [5.74, 6) is -1.30. The number of benzene rings is 2. The van der Waals surface area contributed by atoms with E-state index in [1.165, 1.54) is 6.07 Å². The largest absolute Gasteiger partial charge is 0.419 e. The summed E-state index contributed by atoms with van der Waals surface area (Å²) in [6.07, 6.45) is -4.70. The van der Waals surface area contributed by atoms with Gasteiger partial charge in [0.15, 0.2) is 0 Å². The summed E-state index contributed by atoms with van der Waals surface area (Å²) in [7, 11) is 1.70. The minimum atomic E-state index is -4.70. The Balaban J connectivity index is 2.44. The average molecular weight is 284 g/mol. The van der Waals surface area contributed by atoms with Crippen LogP contribution in [-0.2, 0) is 6.18 Å². The van der Waals surface area contributed by atoms with Gasteiger partial charge < -0.3 is 11.1 Å². The summed E-state index contributed by atoms with van der Waals surface area (Å²) >= 11 is 0. The molecule has 2 aromatic rings. The molecule has 0 aliphatic carbocycles. The maximum Gasteiger partial charge on any atom is 0.419 e. The van der Waals surface area contributed by atoms with Gasteiger partial charge in [0, 0.05) is 7.05 Å². The molecule has 0 saturated heterocycles. The average Bonchev–Trinajstić information content (AvgIpc) is 2.37. The summed E-state index contributed by atoms with van der Waals surface area (Å²) in [4.78, 5) is 0. The van der Waals surface area contributed by atoms with Crippen molar-refractivity contribution in [1.29, 1.82) is 0 Å². The van der Waals surface area contributed by atoms with E-state index in [0.717, 1.165) is 12.1 Å². The predicted octanol–water partition coefficient (Wildman–Crippen LogP) is 4.14. The molecule has 106 valence electrons. The number of alkyl halides is 3. The maximum absolute atomic E-state index is 13.5. The van der Waals surface area contributed by atoms with Gasteiger partial charge in [-0.25, -0.2) is 4.39 Å². The van der Waals surface area contributed by atoms with E-state index in [-0.39, 0.29) is 0 Å². The van der Waals surface area contributed by atoms with E-state index in [2.05, 4.69) is 5.32 Å². The molecule has 0 atom stereocenters. The lowest BCUT2D eigenvalue weighted by atomic mass is 10.0. The Morgan fingerprint density at radius 1 is 1.00 bits per heavy atom. The molecule has 0 bridgehead atoms. The van der Waals surface area contributed by atoms with Crippen molar-refractivity contribution in [2.75, 3.05) is 18.1 Å². The number of anilines is 2. The molecule has 0 radical (unpaired) electrons. The number of halogens is 4. The zero-order valence-corrected chi connectivity index (χ0v) is 10.6. The van der Waals surface area contributed by atoms with Crippen LogP contribution in [0, 0.1) is 5.82 Å². The van der Waals surface area contributed by atoms with E-state index >= 15 is 0 Å². The number of nitrogens with one attached hydrogen (secondary N) is 1. The van der Waals surface area contributed by atoms with Crippen molar-refractivity contribution in [2.24, 2.45) is 0 Å². The summed E-state index contributed by atoms with van der Waals surface area (Å²) in [5, 5.41) is 2.87. The van der Waals surface area contributed by atoms with Crippen LogP contribution >= 0.6 is 0 Å². The second-order valence-electron chi connectivity index (χ2n) is 4.24. The van der Waals surface area contributed by atoms with Crippen molar-refractivity contribution < 1.29 is 17.6 Å². The molecule has 3 N–H and O–H groups in total. The molecule has 0 heterocycles. The second kappa shape index (κ2) is 5.03. The lowest BCUT2D eigenvalue weighted by molar-refractivity contribution is -0.139. The van der Waals surface area contributed by atoms with Gasteiger partial charge >= 0.3 is 6.18 Å².